The highest BCUT2D eigenvalue weighted by atomic mass is 19.3. The molecule has 10 heavy (non-hydrogen) atoms. The van der Waals surface area contributed by atoms with E-state index < -0.39 is 24.0 Å². The van der Waals surface area contributed by atoms with Crippen molar-refractivity contribution in [2.45, 2.75) is 5.92 Å². The summed E-state index contributed by atoms with van der Waals surface area (Å²) in [7, 11) is 0. The first kappa shape index (κ1) is 8.93. The predicted molar refractivity (Wildman–Crippen MR) is 22.9 cm³/mol. The van der Waals surface area contributed by atoms with Crippen molar-refractivity contribution < 1.29 is 27.5 Å². The molecule has 0 aliphatic heterocycles. The van der Waals surface area contributed by atoms with Crippen LogP contribution in [0.5, 0.6) is 0 Å². The Bertz CT molecular complexity index is 174. The molecular formula is C4H2F4O2. The monoisotopic (exact) mass is 158 g/mol. The third-order valence-electron chi connectivity index (χ3n) is 0.664. The van der Waals surface area contributed by atoms with Crippen molar-refractivity contribution in [1.82, 2.24) is 0 Å². The van der Waals surface area contributed by atoms with Crippen molar-refractivity contribution in [1.29, 1.82) is 0 Å². The van der Waals surface area contributed by atoms with Crippen LogP contribution in [0.1, 0.15) is 0 Å². The molecule has 0 saturated heterocycles. The van der Waals surface area contributed by atoms with Crippen LogP contribution in [0.4, 0.5) is 17.6 Å². The number of carbonyl (C=O) groups is 1. The van der Waals surface area contributed by atoms with Gasteiger partial charge in [0.25, 0.3) is 0 Å². The van der Waals surface area contributed by atoms with Crippen LogP contribution in [0.25, 0.3) is 0 Å². The van der Waals surface area contributed by atoms with Gasteiger partial charge in [0.15, 0.2) is 0 Å². The number of carboxylic acids is 1. The van der Waals surface area contributed by atoms with E-state index in [1.165, 1.54) is 0 Å². The van der Waals surface area contributed by atoms with Crippen molar-refractivity contribution in [2.75, 3.05) is 0 Å². The first-order valence-electron chi connectivity index (χ1n) is 2.00. The first-order chi connectivity index (χ1) is 4.42. The molecule has 0 aromatic rings. The second-order valence-electron chi connectivity index (χ2n) is 1.34. The van der Waals surface area contributed by atoms with Gasteiger partial charge in [0.1, 0.15) is 6.33 Å². The average molecular weight is 158 g/mol. The van der Waals surface area contributed by atoms with Gasteiger partial charge in [-0.15, -0.1) is 0 Å². The lowest BCUT2D eigenvalue weighted by atomic mass is 10.3. The topological polar surface area (TPSA) is 37.3 Å². The second kappa shape index (κ2) is 2.68. The molecule has 1 N–H and O–H groups in total. The fraction of sp³-hybridized carbons (Fsp3) is 0.250. The summed E-state index contributed by atoms with van der Waals surface area (Å²) in [5.74, 6) is -10.1. The van der Waals surface area contributed by atoms with Gasteiger partial charge in [-0.1, -0.05) is 0 Å². The minimum Gasteiger partial charge on any atom is -0.476 e. The quantitative estimate of drug-likeness (QED) is 0.618. The molecule has 6 heteroatoms. The molecule has 0 aromatic heterocycles. The number of alkyl halides is 2. The Morgan fingerprint density at radius 2 is 1.90 bits per heavy atom. The third-order valence-corrected chi connectivity index (χ3v) is 0.664. The van der Waals surface area contributed by atoms with Crippen molar-refractivity contribution in [2.24, 2.45) is 0 Å². The zero-order chi connectivity index (χ0) is 8.36. The van der Waals surface area contributed by atoms with Gasteiger partial charge in [0.05, 0.1) is 0 Å². The van der Waals surface area contributed by atoms with Crippen molar-refractivity contribution in [3.63, 3.8) is 0 Å². The first-order valence-corrected chi connectivity index (χ1v) is 2.00. The van der Waals surface area contributed by atoms with Gasteiger partial charge in [0.2, 0.25) is 5.83 Å². The maximum absolute atomic E-state index is 11.7. The summed E-state index contributed by atoms with van der Waals surface area (Å²) < 4.78 is 45.8. The van der Waals surface area contributed by atoms with Crippen LogP contribution in [-0.4, -0.2) is 17.0 Å². The van der Waals surface area contributed by atoms with E-state index in [9.17, 15) is 22.4 Å². The Kier molecular flexibility index (Phi) is 2.39. The van der Waals surface area contributed by atoms with E-state index in [-0.39, 0.29) is 0 Å². The number of carboxylic acid groups (broad SMARTS) is 1. The lowest BCUT2D eigenvalue weighted by molar-refractivity contribution is -0.161. The zero-order valence-electron chi connectivity index (χ0n) is 4.44. The summed E-state index contributed by atoms with van der Waals surface area (Å²) in [5, 5.41) is 7.55. The number of rotatable bonds is 2. The highest BCUT2D eigenvalue weighted by Gasteiger charge is 2.44. The van der Waals surface area contributed by atoms with Crippen molar-refractivity contribution in [3.05, 3.63) is 12.2 Å². The zero-order valence-corrected chi connectivity index (χ0v) is 4.44. The van der Waals surface area contributed by atoms with Crippen LogP contribution in [0.15, 0.2) is 12.2 Å². The molecule has 0 aliphatic carbocycles. The molecule has 0 saturated carbocycles. The molecule has 0 unspecified atom stereocenters. The summed E-state index contributed by atoms with van der Waals surface area (Å²) in [5.41, 5.74) is 0. The minimum absolute atomic E-state index is 1.09. The van der Waals surface area contributed by atoms with E-state index in [0.29, 0.717) is 0 Å². The molecule has 0 aliphatic rings. The molecular weight excluding hydrogens is 156 g/mol. The maximum atomic E-state index is 11.7. The van der Waals surface area contributed by atoms with Crippen LogP contribution in [0.2, 0.25) is 0 Å². The van der Waals surface area contributed by atoms with Gasteiger partial charge in [-0.3, -0.25) is 0 Å². The van der Waals surface area contributed by atoms with E-state index in [2.05, 4.69) is 0 Å². The maximum Gasteiger partial charge on any atom is 0.395 e. The average Bonchev–Trinajstić information content (AvgIpc) is 1.86. The number of hydrogen-bond acceptors (Lipinski definition) is 1. The molecule has 0 aromatic carbocycles. The Morgan fingerprint density at radius 1 is 1.50 bits per heavy atom. The largest absolute Gasteiger partial charge is 0.476 e. The van der Waals surface area contributed by atoms with Crippen molar-refractivity contribution in [3.8, 4) is 0 Å². The standard InChI is InChI=1S/C4H2F4O2/c5-1-2(6)4(7,8)3(9)10/h1H,(H,9,10)/b2-1+. The van der Waals surface area contributed by atoms with Crippen LogP contribution in [0, 0.1) is 0 Å². The van der Waals surface area contributed by atoms with E-state index in [4.69, 9.17) is 5.11 Å². The highest BCUT2D eigenvalue weighted by Crippen LogP contribution is 2.25. The normalized spacial score (nSPS) is 13.4. The molecule has 0 heterocycles. The Balaban J connectivity index is 4.56. The summed E-state index contributed by atoms with van der Waals surface area (Å²) in [4.78, 5) is 9.42. The van der Waals surface area contributed by atoms with Gasteiger partial charge >= 0.3 is 11.9 Å². The van der Waals surface area contributed by atoms with Gasteiger partial charge in [0, 0.05) is 0 Å². The van der Waals surface area contributed by atoms with Crippen LogP contribution >= 0.6 is 0 Å². The molecule has 2 nitrogen and oxygen atoms in total. The number of hydrogen-bond donors (Lipinski definition) is 1. The molecule has 0 atom stereocenters. The molecule has 0 rings (SSSR count). The number of aliphatic carboxylic acids is 1. The molecule has 0 fully saturated rings. The molecule has 58 valence electrons. The third kappa shape index (κ3) is 1.46. The van der Waals surface area contributed by atoms with E-state index in [1.807, 2.05) is 0 Å². The van der Waals surface area contributed by atoms with Gasteiger partial charge in [-0.2, -0.15) is 8.78 Å². The van der Waals surface area contributed by atoms with E-state index >= 15 is 0 Å². The number of halogens is 4. The van der Waals surface area contributed by atoms with E-state index in [1.54, 1.807) is 0 Å². The smallest absolute Gasteiger partial charge is 0.395 e. The Labute approximate surface area is 52.8 Å². The Morgan fingerprint density at radius 3 is 2.00 bits per heavy atom. The van der Waals surface area contributed by atoms with Crippen LogP contribution < -0.4 is 0 Å². The SMILES string of the molecule is O=C(O)C(F)(F)/C(F)=C\F. The fourth-order valence-corrected chi connectivity index (χ4v) is 0.171. The van der Waals surface area contributed by atoms with Gasteiger partial charge in [-0.05, 0) is 0 Å². The van der Waals surface area contributed by atoms with Crippen LogP contribution in [0.3, 0.4) is 0 Å². The van der Waals surface area contributed by atoms with Crippen LogP contribution in [-0.2, 0) is 4.79 Å². The Hall–Kier alpha value is -1.07. The summed E-state index contributed by atoms with van der Waals surface area (Å²) in [6.45, 7) is 0. The molecule has 0 spiro atoms. The summed E-state index contributed by atoms with van der Waals surface area (Å²) >= 11 is 0. The van der Waals surface area contributed by atoms with Crippen molar-refractivity contribution >= 4 is 5.97 Å². The van der Waals surface area contributed by atoms with Gasteiger partial charge < -0.3 is 5.11 Å². The van der Waals surface area contributed by atoms with E-state index in [0.717, 1.165) is 0 Å². The predicted octanol–water partition coefficient (Wildman–Crippen LogP) is 1.49. The van der Waals surface area contributed by atoms with Gasteiger partial charge in [-0.25, -0.2) is 13.6 Å². The second-order valence-corrected chi connectivity index (χ2v) is 1.34. The minimum atomic E-state index is -4.76. The molecule has 0 radical (unpaired) electrons. The summed E-state index contributed by atoms with van der Waals surface area (Å²) in [6, 6.07) is 0. The highest BCUT2D eigenvalue weighted by molar-refractivity contribution is 5.78. The lowest BCUT2D eigenvalue weighted by Gasteiger charge is -2.05. The lowest BCUT2D eigenvalue weighted by Crippen LogP contribution is -2.28. The fourth-order valence-electron chi connectivity index (χ4n) is 0.171. The summed E-state index contributed by atoms with van der Waals surface area (Å²) in [6.07, 6.45) is -1.09. The molecule has 0 amide bonds. The molecule has 0 bridgehead atoms.